The van der Waals surface area contributed by atoms with Gasteiger partial charge in [0.05, 0.1) is 13.0 Å². The van der Waals surface area contributed by atoms with Crippen LogP contribution in [-0.4, -0.2) is 36.5 Å². The monoisotopic (exact) mass is 305 g/mol. The largest absolute Gasteiger partial charge is 0.466 e. The number of unbranched alkanes of at least 4 members (excludes halogenated alkanes) is 2. The summed E-state index contributed by atoms with van der Waals surface area (Å²) in [7, 11) is 0. The van der Waals surface area contributed by atoms with Gasteiger partial charge in [-0.15, -0.1) is 0 Å². The first-order valence-corrected chi connectivity index (χ1v) is 8.10. The maximum Gasteiger partial charge on any atom is 0.307 e. The Balaban J connectivity index is 2.73. The minimum Gasteiger partial charge on any atom is -0.466 e. The van der Waals surface area contributed by atoms with Gasteiger partial charge in [-0.1, -0.05) is 38.0 Å². The van der Waals surface area contributed by atoms with Crippen LogP contribution in [0, 0.1) is 6.92 Å². The molecule has 0 aliphatic heterocycles. The number of ether oxygens (including phenoxy) is 1. The van der Waals surface area contributed by atoms with Crippen LogP contribution in [0.25, 0.3) is 0 Å². The first-order chi connectivity index (χ1) is 10.6. The predicted molar refractivity (Wildman–Crippen MR) is 87.9 cm³/mol. The van der Waals surface area contributed by atoms with Crippen LogP contribution >= 0.6 is 0 Å². The lowest BCUT2D eigenvalue weighted by atomic mass is 10.1. The van der Waals surface area contributed by atoms with Crippen LogP contribution in [0.15, 0.2) is 24.3 Å². The summed E-state index contributed by atoms with van der Waals surface area (Å²) in [6.45, 7) is 7.32. The molecule has 0 bridgehead atoms. The summed E-state index contributed by atoms with van der Waals surface area (Å²) in [5.74, 6) is -0.251. The minimum absolute atomic E-state index is 0.00139. The molecule has 22 heavy (non-hydrogen) atoms. The van der Waals surface area contributed by atoms with Gasteiger partial charge in [0.2, 0.25) is 0 Å². The SMILES string of the molecule is CCCCCN(CCC(=O)OCC)C(=O)c1ccccc1C. The Bertz CT molecular complexity index is 485. The van der Waals surface area contributed by atoms with Crippen LogP contribution in [0.5, 0.6) is 0 Å². The molecule has 0 unspecified atom stereocenters. The van der Waals surface area contributed by atoms with Gasteiger partial charge in [0.15, 0.2) is 0 Å². The van der Waals surface area contributed by atoms with Gasteiger partial charge in [0, 0.05) is 18.7 Å². The molecule has 1 amide bonds. The highest BCUT2D eigenvalue weighted by Crippen LogP contribution is 2.12. The maximum absolute atomic E-state index is 12.7. The third-order valence-corrected chi connectivity index (χ3v) is 3.59. The summed E-state index contributed by atoms with van der Waals surface area (Å²) in [6.07, 6.45) is 3.38. The Morgan fingerprint density at radius 1 is 1.09 bits per heavy atom. The fraction of sp³-hybridized carbons (Fsp3) is 0.556. The molecule has 0 saturated carbocycles. The van der Waals surface area contributed by atoms with Crippen molar-refractivity contribution in [2.24, 2.45) is 0 Å². The normalized spacial score (nSPS) is 10.3. The standard InChI is InChI=1S/C18H27NO3/c1-4-6-9-13-19(14-12-17(20)22-5-2)18(21)16-11-8-7-10-15(16)3/h7-8,10-11H,4-6,9,12-14H2,1-3H3. The number of esters is 1. The van der Waals surface area contributed by atoms with E-state index in [9.17, 15) is 9.59 Å². The van der Waals surface area contributed by atoms with E-state index >= 15 is 0 Å². The average Bonchev–Trinajstić information content (AvgIpc) is 2.51. The van der Waals surface area contributed by atoms with Crippen molar-refractivity contribution in [2.75, 3.05) is 19.7 Å². The van der Waals surface area contributed by atoms with Crippen LogP contribution < -0.4 is 0 Å². The number of amides is 1. The number of aryl methyl sites for hydroxylation is 1. The van der Waals surface area contributed by atoms with Crippen LogP contribution in [0.2, 0.25) is 0 Å². The van der Waals surface area contributed by atoms with Crippen molar-refractivity contribution in [1.29, 1.82) is 0 Å². The highest BCUT2D eigenvalue weighted by Gasteiger charge is 2.18. The highest BCUT2D eigenvalue weighted by molar-refractivity contribution is 5.95. The molecular weight excluding hydrogens is 278 g/mol. The summed E-state index contributed by atoms with van der Waals surface area (Å²) < 4.78 is 4.95. The zero-order valence-electron chi connectivity index (χ0n) is 13.9. The third-order valence-electron chi connectivity index (χ3n) is 3.59. The molecule has 0 heterocycles. The van der Waals surface area contributed by atoms with Gasteiger partial charge in [-0.25, -0.2) is 0 Å². The molecule has 0 aliphatic rings. The Morgan fingerprint density at radius 2 is 1.82 bits per heavy atom. The van der Waals surface area contributed by atoms with Crippen molar-refractivity contribution >= 4 is 11.9 Å². The fourth-order valence-corrected chi connectivity index (χ4v) is 2.31. The number of hydrogen-bond acceptors (Lipinski definition) is 3. The number of benzene rings is 1. The van der Waals surface area contributed by atoms with Gasteiger partial charge >= 0.3 is 5.97 Å². The highest BCUT2D eigenvalue weighted by atomic mass is 16.5. The van der Waals surface area contributed by atoms with E-state index in [-0.39, 0.29) is 18.3 Å². The second-order valence-electron chi connectivity index (χ2n) is 5.37. The van der Waals surface area contributed by atoms with Crippen molar-refractivity contribution in [2.45, 2.75) is 46.5 Å². The molecule has 1 aromatic rings. The Hall–Kier alpha value is -1.84. The molecule has 0 fully saturated rings. The van der Waals surface area contributed by atoms with E-state index in [4.69, 9.17) is 4.74 Å². The summed E-state index contributed by atoms with van der Waals surface area (Å²) in [5.41, 5.74) is 1.67. The van der Waals surface area contributed by atoms with Crippen LogP contribution in [-0.2, 0) is 9.53 Å². The summed E-state index contributed by atoms with van der Waals surface area (Å²) >= 11 is 0. The van der Waals surface area contributed by atoms with Gasteiger partial charge in [0.25, 0.3) is 5.91 Å². The van der Waals surface area contributed by atoms with E-state index in [0.29, 0.717) is 25.3 Å². The molecular formula is C18H27NO3. The minimum atomic E-state index is -0.249. The molecule has 0 saturated heterocycles. The lowest BCUT2D eigenvalue weighted by molar-refractivity contribution is -0.143. The van der Waals surface area contributed by atoms with E-state index < -0.39 is 0 Å². The molecule has 0 atom stereocenters. The van der Waals surface area contributed by atoms with E-state index in [1.807, 2.05) is 31.2 Å². The molecule has 4 heteroatoms. The second kappa shape index (κ2) is 9.98. The third kappa shape index (κ3) is 5.88. The quantitative estimate of drug-likeness (QED) is 0.517. The summed E-state index contributed by atoms with van der Waals surface area (Å²) in [6, 6.07) is 7.57. The topological polar surface area (TPSA) is 46.6 Å². The van der Waals surface area contributed by atoms with Crippen molar-refractivity contribution in [3.8, 4) is 0 Å². The molecule has 0 radical (unpaired) electrons. The van der Waals surface area contributed by atoms with Crippen LogP contribution in [0.3, 0.4) is 0 Å². The molecule has 0 N–H and O–H groups in total. The number of rotatable bonds is 9. The van der Waals surface area contributed by atoms with Crippen molar-refractivity contribution in [3.63, 3.8) is 0 Å². The van der Waals surface area contributed by atoms with E-state index in [1.54, 1.807) is 11.8 Å². The fourth-order valence-electron chi connectivity index (χ4n) is 2.31. The molecule has 1 aromatic carbocycles. The smallest absolute Gasteiger partial charge is 0.307 e. The van der Waals surface area contributed by atoms with E-state index in [1.165, 1.54) is 0 Å². The zero-order valence-corrected chi connectivity index (χ0v) is 13.9. The molecule has 1 rings (SSSR count). The molecule has 4 nitrogen and oxygen atoms in total. The number of carbonyl (C=O) groups is 2. The van der Waals surface area contributed by atoms with Gasteiger partial charge < -0.3 is 9.64 Å². The first kappa shape index (κ1) is 18.2. The molecule has 0 spiro atoms. The Morgan fingerprint density at radius 3 is 2.45 bits per heavy atom. The average molecular weight is 305 g/mol. The van der Waals surface area contributed by atoms with E-state index in [0.717, 1.165) is 24.8 Å². The number of nitrogens with zero attached hydrogens (tertiary/aromatic N) is 1. The molecule has 0 aromatic heterocycles. The predicted octanol–water partition coefficient (Wildman–Crippen LogP) is 3.58. The Labute approximate surface area is 133 Å². The lowest BCUT2D eigenvalue weighted by Crippen LogP contribution is -2.34. The van der Waals surface area contributed by atoms with Gasteiger partial charge in [-0.3, -0.25) is 9.59 Å². The van der Waals surface area contributed by atoms with Gasteiger partial charge in [-0.2, -0.15) is 0 Å². The summed E-state index contributed by atoms with van der Waals surface area (Å²) in [5, 5.41) is 0. The molecule has 0 aliphatic carbocycles. The van der Waals surface area contributed by atoms with Crippen LogP contribution in [0.4, 0.5) is 0 Å². The molecule has 122 valence electrons. The lowest BCUT2D eigenvalue weighted by Gasteiger charge is -2.23. The Kier molecular flexibility index (Phi) is 8.26. The van der Waals surface area contributed by atoms with Gasteiger partial charge in [-0.05, 0) is 31.9 Å². The van der Waals surface area contributed by atoms with Crippen molar-refractivity contribution < 1.29 is 14.3 Å². The van der Waals surface area contributed by atoms with E-state index in [2.05, 4.69) is 6.92 Å². The zero-order chi connectivity index (χ0) is 16.4. The van der Waals surface area contributed by atoms with Crippen molar-refractivity contribution in [1.82, 2.24) is 4.90 Å². The second-order valence-corrected chi connectivity index (χ2v) is 5.37. The van der Waals surface area contributed by atoms with Crippen LogP contribution in [0.1, 0.15) is 55.5 Å². The van der Waals surface area contributed by atoms with Gasteiger partial charge in [0.1, 0.15) is 0 Å². The summed E-state index contributed by atoms with van der Waals surface area (Å²) in [4.78, 5) is 26.0. The first-order valence-electron chi connectivity index (χ1n) is 8.10. The number of carbonyl (C=O) groups excluding carboxylic acids is 2. The van der Waals surface area contributed by atoms with Crippen molar-refractivity contribution in [3.05, 3.63) is 35.4 Å². The number of hydrogen-bond donors (Lipinski definition) is 0. The maximum atomic E-state index is 12.7.